The second-order valence-corrected chi connectivity index (χ2v) is 5.70. The predicted molar refractivity (Wildman–Crippen MR) is 94.7 cm³/mol. The molecule has 1 aliphatic rings. The molecule has 0 aromatic heterocycles. The fourth-order valence-corrected chi connectivity index (χ4v) is 2.64. The Bertz CT molecular complexity index is 816. The number of nitrogens with zero attached hydrogens (tertiary/aromatic N) is 3. The number of rotatable bonds is 4. The third kappa shape index (κ3) is 4.95. The molecule has 1 fully saturated rings. The number of nitro groups is 3. The lowest BCUT2D eigenvalue weighted by Gasteiger charge is -2.06. The molecule has 2 aromatic carbocycles. The minimum Gasteiger partial charge on any atom is -0.497 e. The monoisotopic (exact) mass is 376 g/mol. The molecule has 0 aliphatic carbocycles. The van der Waals surface area contributed by atoms with Gasteiger partial charge in [-0.1, -0.05) is 30.3 Å². The molecule has 0 spiro atoms. The summed E-state index contributed by atoms with van der Waals surface area (Å²) in [6.07, 6.45) is 1.30. The van der Waals surface area contributed by atoms with E-state index < -0.39 is 37.6 Å². The summed E-state index contributed by atoms with van der Waals surface area (Å²) in [5.74, 6) is -0.447. The van der Waals surface area contributed by atoms with Gasteiger partial charge >= 0.3 is 11.4 Å². The molecule has 1 unspecified atom stereocenters. The third-order valence-electron chi connectivity index (χ3n) is 3.99. The van der Waals surface area contributed by atoms with Crippen molar-refractivity contribution in [1.82, 2.24) is 5.32 Å². The van der Waals surface area contributed by atoms with E-state index in [9.17, 15) is 30.3 Å². The number of hydrogen-bond donors (Lipinski definition) is 2. The first-order valence-corrected chi connectivity index (χ1v) is 7.87. The number of aromatic hydroxyl groups is 1. The molecule has 0 amide bonds. The number of hydrogen-bond acceptors (Lipinski definition) is 8. The smallest absolute Gasteiger partial charge is 0.324 e. The van der Waals surface area contributed by atoms with Gasteiger partial charge in [-0.25, -0.2) is 0 Å². The fraction of sp³-hybridized carbons (Fsp3) is 0.250. The van der Waals surface area contributed by atoms with E-state index in [0.717, 1.165) is 12.5 Å². The van der Waals surface area contributed by atoms with Crippen LogP contribution in [0.25, 0.3) is 0 Å². The second-order valence-electron chi connectivity index (χ2n) is 5.70. The molecule has 142 valence electrons. The minimum atomic E-state index is -1.21. The van der Waals surface area contributed by atoms with Gasteiger partial charge in [0.15, 0.2) is 0 Å². The van der Waals surface area contributed by atoms with E-state index in [1.54, 1.807) is 0 Å². The van der Waals surface area contributed by atoms with Crippen LogP contribution in [0.2, 0.25) is 0 Å². The lowest BCUT2D eigenvalue weighted by atomic mass is 9.99. The summed E-state index contributed by atoms with van der Waals surface area (Å²) < 4.78 is 0. The topological polar surface area (TPSA) is 162 Å². The molecule has 1 saturated heterocycles. The van der Waals surface area contributed by atoms with Gasteiger partial charge in [0.05, 0.1) is 26.9 Å². The first kappa shape index (κ1) is 19.7. The Hall–Kier alpha value is -3.60. The lowest BCUT2D eigenvalue weighted by Crippen LogP contribution is -2.07. The summed E-state index contributed by atoms with van der Waals surface area (Å²) in [5, 5.41) is 43.6. The zero-order valence-corrected chi connectivity index (χ0v) is 14.0. The highest BCUT2D eigenvalue weighted by atomic mass is 16.6. The molecule has 1 heterocycles. The number of nitrogens with one attached hydrogen (secondary N) is 1. The van der Waals surface area contributed by atoms with Crippen molar-refractivity contribution in [2.24, 2.45) is 0 Å². The van der Waals surface area contributed by atoms with E-state index in [1.165, 1.54) is 18.5 Å². The number of non-ortho nitro benzene ring substituents is 1. The number of benzene rings is 2. The van der Waals surface area contributed by atoms with Gasteiger partial charge in [-0.15, -0.1) is 0 Å². The van der Waals surface area contributed by atoms with Crippen molar-refractivity contribution in [1.29, 1.82) is 0 Å². The van der Waals surface area contributed by atoms with Gasteiger partial charge in [0.25, 0.3) is 11.4 Å². The maximum atomic E-state index is 10.4. The van der Waals surface area contributed by atoms with E-state index in [0.29, 0.717) is 12.1 Å². The molecule has 1 aliphatic heterocycles. The van der Waals surface area contributed by atoms with E-state index in [1.807, 2.05) is 0 Å². The Morgan fingerprint density at radius 1 is 0.926 bits per heavy atom. The van der Waals surface area contributed by atoms with E-state index in [2.05, 4.69) is 35.6 Å². The van der Waals surface area contributed by atoms with Crippen LogP contribution in [-0.2, 0) is 0 Å². The summed E-state index contributed by atoms with van der Waals surface area (Å²) in [6.45, 7) is 2.34. The van der Waals surface area contributed by atoms with Gasteiger partial charge in [-0.2, -0.15) is 0 Å². The van der Waals surface area contributed by atoms with E-state index >= 15 is 0 Å². The standard InChI is InChI=1S/C10H13N.C6H3N3O7/c1-2-4-9(5-3-1)10-6-7-11-8-10;10-6-4(8(13)14)1-3(7(11)12)2-5(6)9(15)16/h1-5,10-11H,6-8H2;1-2,10H. The largest absolute Gasteiger partial charge is 0.497 e. The second kappa shape index (κ2) is 8.67. The average Bonchev–Trinajstić information content (AvgIpc) is 3.17. The van der Waals surface area contributed by atoms with Crippen molar-refractivity contribution in [3.63, 3.8) is 0 Å². The Labute approximate surface area is 152 Å². The van der Waals surface area contributed by atoms with Crippen LogP contribution in [0.15, 0.2) is 42.5 Å². The normalized spacial score (nSPS) is 15.5. The quantitative estimate of drug-likeness (QED) is 0.608. The molecule has 11 heteroatoms. The van der Waals surface area contributed by atoms with E-state index in [-0.39, 0.29) is 0 Å². The zero-order chi connectivity index (χ0) is 20.0. The molecular formula is C16H16N4O7. The van der Waals surface area contributed by atoms with Crippen LogP contribution in [0.3, 0.4) is 0 Å². The summed E-state index contributed by atoms with van der Waals surface area (Å²) >= 11 is 0. The fourth-order valence-electron chi connectivity index (χ4n) is 2.64. The number of phenolic OH excluding ortho intramolecular Hbond substituents is 1. The van der Waals surface area contributed by atoms with Gasteiger partial charge < -0.3 is 10.4 Å². The van der Waals surface area contributed by atoms with Gasteiger partial charge in [0, 0.05) is 6.54 Å². The van der Waals surface area contributed by atoms with Gasteiger partial charge in [0.1, 0.15) is 0 Å². The van der Waals surface area contributed by atoms with Gasteiger partial charge in [-0.05, 0) is 24.4 Å². The Morgan fingerprint density at radius 2 is 1.48 bits per heavy atom. The Kier molecular flexibility index (Phi) is 6.33. The van der Waals surface area contributed by atoms with Crippen LogP contribution in [-0.4, -0.2) is 33.0 Å². The average molecular weight is 376 g/mol. The molecule has 3 rings (SSSR count). The third-order valence-corrected chi connectivity index (χ3v) is 3.99. The molecule has 1 atom stereocenters. The summed E-state index contributed by atoms with van der Waals surface area (Å²) in [5.41, 5.74) is -1.52. The molecule has 0 saturated carbocycles. The summed E-state index contributed by atoms with van der Waals surface area (Å²) in [7, 11) is 0. The number of phenols is 1. The highest BCUT2D eigenvalue weighted by Crippen LogP contribution is 2.38. The minimum absolute atomic E-state index is 0.447. The van der Waals surface area contributed by atoms with E-state index in [4.69, 9.17) is 5.11 Å². The SMILES string of the molecule is O=[N+]([O-])c1cc([N+](=O)[O-])c(O)c([N+](=O)[O-])c1.c1ccc(C2CCNC2)cc1. The van der Waals surface area contributed by atoms with Crippen molar-refractivity contribution >= 4 is 17.1 Å². The maximum Gasteiger partial charge on any atom is 0.324 e. The van der Waals surface area contributed by atoms with Crippen LogP contribution in [0, 0.1) is 30.3 Å². The highest BCUT2D eigenvalue weighted by molar-refractivity contribution is 5.64. The van der Waals surface area contributed by atoms with Gasteiger partial charge in [-0.3, -0.25) is 30.3 Å². The zero-order valence-electron chi connectivity index (χ0n) is 14.0. The van der Waals surface area contributed by atoms with Crippen LogP contribution in [0.4, 0.5) is 17.1 Å². The lowest BCUT2D eigenvalue weighted by molar-refractivity contribution is -0.404. The first-order chi connectivity index (χ1) is 12.8. The molecule has 11 nitrogen and oxygen atoms in total. The van der Waals surface area contributed by atoms with Crippen molar-refractivity contribution in [3.8, 4) is 5.75 Å². The van der Waals surface area contributed by atoms with Gasteiger partial charge in [0.2, 0.25) is 0 Å². The van der Waals surface area contributed by atoms with Crippen molar-refractivity contribution in [2.45, 2.75) is 12.3 Å². The molecule has 0 bridgehead atoms. The van der Waals surface area contributed by atoms with Crippen LogP contribution >= 0.6 is 0 Å². The molecule has 2 aromatic rings. The highest BCUT2D eigenvalue weighted by Gasteiger charge is 2.30. The van der Waals surface area contributed by atoms with Crippen LogP contribution < -0.4 is 5.32 Å². The van der Waals surface area contributed by atoms with Crippen LogP contribution in [0.5, 0.6) is 5.75 Å². The maximum absolute atomic E-state index is 10.4. The first-order valence-electron chi connectivity index (χ1n) is 7.87. The molecule has 0 radical (unpaired) electrons. The number of nitro benzene ring substituents is 3. The molecular weight excluding hydrogens is 360 g/mol. The molecule has 27 heavy (non-hydrogen) atoms. The predicted octanol–water partition coefficient (Wildman–Crippen LogP) is 2.88. The van der Waals surface area contributed by atoms with Crippen molar-refractivity contribution in [2.75, 3.05) is 13.1 Å². The van der Waals surface area contributed by atoms with Crippen molar-refractivity contribution in [3.05, 3.63) is 78.4 Å². The molecule has 2 N–H and O–H groups in total. The Morgan fingerprint density at radius 3 is 1.89 bits per heavy atom. The van der Waals surface area contributed by atoms with Crippen molar-refractivity contribution < 1.29 is 19.9 Å². The summed E-state index contributed by atoms with van der Waals surface area (Å²) in [4.78, 5) is 27.8. The summed E-state index contributed by atoms with van der Waals surface area (Å²) in [6, 6.07) is 11.6. The Balaban J connectivity index is 0.000000206. The van der Waals surface area contributed by atoms with Crippen LogP contribution in [0.1, 0.15) is 17.9 Å².